The van der Waals surface area contributed by atoms with Gasteiger partial charge in [-0.15, -0.1) is 6.58 Å². The minimum Gasteiger partial charge on any atom is -0.462 e. The van der Waals surface area contributed by atoms with E-state index >= 15 is 0 Å². The Hall–Kier alpha value is -3.49. The normalized spacial score (nSPS) is 10.2. The highest BCUT2D eigenvalue weighted by atomic mass is 16.6. The smallest absolute Gasteiger partial charge is 0.346 e. The van der Waals surface area contributed by atoms with Crippen LogP contribution < -0.4 is 10.9 Å². The number of non-ortho nitro benzene ring substituents is 1. The summed E-state index contributed by atoms with van der Waals surface area (Å²) in [6, 6.07) is 5.77. The summed E-state index contributed by atoms with van der Waals surface area (Å²) < 4.78 is 6.05. The molecule has 2 rings (SSSR count). The van der Waals surface area contributed by atoms with E-state index in [1.807, 2.05) is 0 Å². The molecule has 0 unspecified atom stereocenters. The molecule has 0 bridgehead atoms. The zero-order valence-electron chi connectivity index (χ0n) is 14.4. The lowest BCUT2D eigenvalue weighted by atomic mass is 10.1. The highest BCUT2D eigenvalue weighted by Crippen LogP contribution is 2.29. The van der Waals surface area contributed by atoms with Gasteiger partial charge in [-0.05, 0) is 6.92 Å². The van der Waals surface area contributed by atoms with E-state index in [9.17, 15) is 19.7 Å². The van der Waals surface area contributed by atoms with Crippen LogP contribution in [0.25, 0.3) is 11.3 Å². The molecule has 136 valence electrons. The molecule has 1 aromatic heterocycles. The fourth-order valence-electron chi connectivity index (χ4n) is 2.42. The van der Waals surface area contributed by atoms with Gasteiger partial charge in [-0.2, -0.15) is 5.10 Å². The van der Waals surface area contributed by atoms with Gasteiger partial charge in [0.2, 0.25) is 0 Å². The van der Waals surface area contributed by atoms with E-state index in [1.54, 1.807) is 13.0 Å². The first-order valence-electron chi connectivity index (χ1n) is 7.80. The fraction of sp³-hybridized carbons (Fsp3) is 0.235. The summed E-state index contributed by atoms with van der Waals surface area (Å²) in [6.45, 7) is 5.36. The van der Waals surface area contributed by atoms with Gasteiger partial charge >= 0.3 is 5.97 Å². The topological polar surface area (TPSA) is 116 Å². The highest BCUT2D eigenvalue weighted by Gasteiger charge is 2.24. The van der Waals surface area contributed by atoms with Crippen molar-refractivity contribution in [2.24, 2.45) is 0 Å². The Morgan fingerprint density at radius 1 is 1.50 bits per heavy atom. The number of esters is 1. The van der Waals surface area contributed by atoms with E-state index in [1.165, 1.54) is 31.3 Å². The molecule has 0 atom stereocenters. The Kier molecular flexibility index (Phi) is 5.84. The third-order valence-corrected chi connectivity index (χ3v) is 3.52. The zero-order chi connectivity index (χ0) is 19.3. The largest absolute Gasteiger partial charge is 0.462 e. The second-order valence-corrected chi connectivity index (χ2v) is 5.15. The second kappa shape index (κ2) is 8.06. The van der Waals surface area contributed by atoms with E-state index in [0.29, 0.717) is 5.56 Å². The maximum Gasteiger partial charge on any atom is 0.346 e. The van der Waals surface area contributed by atoms with Gasteiger partial charge in [0.05, 0.1) is 23.8 Å². The Bertz CT molecular complexity index is 920. The third kappa shape index (κ3) is 3.61. The van der Waals surface area contributed by atoms with Crippen molar-refractivity contribution in [3.05, 3.63) is 63.0 Å². The Morgan fingerprint density at radius 3 is 2.81 bits per heavy atom. The number of anilines is 1. The molecule has 9 nitrogen and oxygen atoms in total. The molecule has 1 aromatic carbocycles. The maximum absolute atomic E-state index is 12.6. The van der Waals surface area contributed by atoms with Gasteiger partial charge in [-0.1, -0.05) is 18.2 Å². The molecule has 0 amide bonds. The van der Waals surface area contributed by atoms with Gasteiger partial charge in [0.15, 0.2) is 5.56 Å². The summed E-state index contributed by atoms with van der Waals surface area (Å²) in [4.78, 5) is 35.5. The van der Waals surface area contributed by atoms with Crippen LogP contribution in [0.2, 0.25) is 0 Å². The van der Waals surface area contributed by atoms with Crippen molar-refractivity contribution < 1.29 is 14.5 Å². The first-order chi connectivity index (χ1) is 12.4. The average molecular weight is 358 g/mol. The van der Waals surface area contributed by atoms with Crippen LogP contribution in [0, 0.1) is 10.1 Å². The van der Waals surface area contributed by atoms with E-state index in [0.717, 1.165) is 4.68 Å². The Morgan fingerprint density at radius 2 is 2.23 bits per heavy atom. The molecule has 1 heterocycles. The Balaban J connectivity index is 2.81. The zero-order valence-corrected chi connectivity index (χ0v) is 14.4. The molecule has 0 aliphatic heterocycles. The number of hydrogen-bond acceptors (Lipinski definition) is 7. The van der Waals surface area contributed by atoms with Gasteiger partial charge < -0.3 is 10.1 Å². The summed E-state index contributed by atoms with van der Waals surface area (Å²) >= 11 is 0. The van der Waals surface area contributed by atoms with Gasteiger partial charge in [-0.25, -0.2) is 9.48 Å². The van der Waals surface area contributed by atoms with Gasteiger partial charge in [0.25, 0.3) is 11.2 Å². The molecule has 0 saturated heterocycles. The molecular formula is C17H18N4O5. The lowest BCUT2D eigenvalue weighted by molar-refractivity contribution is -0.384. The van der Waals surface area contributed by atoms with Crippen molar-refractivity contribution in [3.63, 3.8) is 0 Å². The molecule has 0 aliphatic rings. The van der Waals surface area contributed by atoms with Crippen molar-refractivity contribution in [1.29, 1.82) is 0 Å². The molecule has 0 spiro atoms. The first-order valence-corrected chi connectivity index (χ1v) is 7.80. The standard InChI is InChI=1S/C17H18N4O5/c1-4-9-20-16(22)13(17(23)26-5-2)15(18-3)14(19-20)11-7-6-8-12(10-11)21(24)25/h4,6-8,10,18H,1,5,9H2,2-3H3. The van der Waals surface area contributed by atoms with Crippen LogP contribution in [0.3, 0.4) is 0 Å². The number of benzene rings is 1. The van der Waals surface area contributed by atoms with Crippen molar-refractivity contribution in [3.8, 4) is 11.3 Å². The number of nitro benzene ring substituents is 1. The molecule has 0 aliphatic carbocycles. The van der Waals surface area contributed by atoms with Crippen molar-refractivity contribution in [2.75, 3.05) is 19.0 Å². The predicted molar refractivity (Wildman–Crippen MR) is 96.3 cm³/mol. The molecule has 9 heteroatoms. The summed E-state index contributed by atoms with van der Waals surface area (Å²) in [6.07, 6.45) is 1.46. The third-order valence-electron chi connectivity index (χ3n) is 3.52. The van der Waals surface area contributed by atoms with Crippen molar-refractivity contribution >= 4 is 17.3 Å². The summed E-state index contributed by atoms with van der Waals surface area (Å²) in [5.41, 5.74) is -0.234. The lowest BCUT2D eigenvalue weighted by Crippen LogP contribution is -2.31. The monoisotopic (exact) mass is 358 g/mol. The van der Waals surface area contributed by atoms with E-state index < -0.39 is 16.5 Å². The van der Waals surface area contributed by atoms with E-state index in [2.05, 4.69) is 17.0 Å². The Labute approximate surface area is 149 Å². The quantitative estimate of drug-likeness (QED) is 0.349. The van der Waals surface area contributed by atoms with Gasteiger partial charge in [0, 0.05) is 24.7 Å². The van der Waals surface area contributed by atoms with Crippen LogP contribution >= 0.6 is 0 Å². The molecule has 26 heavy (non-hydrogen) atoms. The summed E-state index contributed by atoms with van der Waals surface area (Å²) in [5, 5.41) is 18.1. The highest BCUT2D eigenvalue weighted by molar-refractivity contribution is 5.98. The summed E-state index contributed by atoms with van der Waals surface area (Å²) in [7, 11) is 1.53. The van der Waals surface area contributed by atoms with Crippen LogP contribution in [0.15, 0.2) is 41.7 Å². The number of hydrogen-bond donors (Lipinski definition) is 1. The predicted octanol–water partition coefficient (Wildman–Crippen LogP) is 2.22. The SMILES string of the molecule is C=CCn1nc(-c2cccc([N+](=O)[O-])c2)c(NC)c(C(=O)OCC)c1=O. The van der Waals surface area contributed by atoms with Crippen molar-refractivity contribution in [1.82, 2.24) is 9.78 Å². The number of allylic oxidation sites excluding steroid dienone is 1. The first kappa shape index (κ1) is 18.8. The average Bonchev–Trinajstić information content (AvgIpc) is 2.63. The van der Waals surface area contributed by atoms with Crippen LogP contribution in [0.1, 0.15) is 17.3 Å². The van der Waals surface area contributed by atoms with Crippen LogP contribution in [-0.4, -0.2) is 34.3 Å². The molecule has 1 N–H and O–H groups in total. The number of carbonyl (C=O) groups is 1. The number of carbonyl (C=O) groups excluding carboxylic acids is 1. The minimum atomic E-state index is -0.797. The molecule has 0 radical (unpaired) electrons. The number of nitro groups is 1. The van der Waals surface area contributed by atoms with Crippen LogP contribution in [0.5, 0.6) is 0 Å². The number of nitrogens with one attached hydrogen (secondary N) is 1. The van der Waals surface area contributed by atoms with Crippen molar-refractivity contribution in [2.45, 2.75) is 13.5 Å². The maximum atomic E-state index is 12.6. The van der Waals surface area contributed by atoms with Crippen LogP contribution in [0.4, 0.5) is 11.4 Å². The van der Waals surface area contributed by atoms with E-state index in [-0.39, 0.29) is 35.8 Å². The van der Waals surface area contributed by atoms with E-state index in [4.69, 9.17) is 4.74 Å². The molecule has 0 fully saturated rings. The lowest BCUT2D eigenvalue weighted by Gasteiger charge is -2.15. The molecular weight excluding hydrogens is 340 g/mol. The minimum absolute atomic E-state index is 0.0666. The molecule has 0 saturated carbocycles. The fourth-order valence-corrected chi connectivity index (χ4v) is 2.42. The summed E-state index contributed by atoms with van der Waals surface area (Å²) in [5.74, 6) is -0.797. The second-order valence-electron chi connectivity index (χ2n) is 5.15. The number of rotatable bonds is 7. The molecule has 2 aromatic rings. The van der Waals surface area contributed by atoms with Crippen LogP contribution in [-0.2, 0) is 11.3 Å². The van der Waals surface area contributed by atoms with Gasteiger partial charge in [0.1, 0.15) is 5.69 Å². The number of aromatic nitrogens is 2. The van der Waals surface area contributed by atoms with Gasteiger partial charge in [-0.3, -0.25) is 14.9 Å². The number of nitrogens with zero attached hydrogens (tertiary/aromatic N) is 3. The number of ether oxygens (including phenoxy) is 1.